The Labute approximate surface area is 242 Å². The van der Waals surface area contributed by atoms with E-state index in [2.05, 4.69) is 15.2 Å². The lowest BCUT2D eigenvalue weighted by molar-refractivity contribution is -0.136. The van der Waals surface area contributed by atoms with Gasteiger partial charge in [0.2, 0.25) is 0 Å². The number of hydrogen-bond donors (Lipinski definition) is 2. The Morgan fingerprint density at radius 3 is 2.22 bits per heavy atom. The summed E-state index contributed by atoms with van der Waals surface area (Å²) in [5.41, 5.74) is 3.61. The number of hydrogen-bond acceptors (Lipinski definition) is 6. The van der Waals surface area contributed by atoms with Crippen LogP contribution in [0.25, 0.3) is 10.8 Å². The lowest BCUT2D eigenvalue weighted by Gasteiger charge is -2.30. The Balaban J connectivity index is 0.00000111. The lowest BCUT2D eigenvalue weighted by atomic mass is 10.1. The third-order valence-corrected chi connectivity index (χ3v) is 6.46. The van der Waals surface area contributed by atoms with E-state index in [4.69, 9.17) is 9.72 Å². The fourth-order valence-corrected chi connectivity index (χ4v) is 4.53. The number of carboxylic acid groups (broad SMARTS) is 1. The van der Waals surface area contributed by atoms with Crippen LogP contribution in [0.5, 0.6) is 0 Å². The molecule has 5 rings (SSSR count). The summed E-state index contributed by atoms with van der Waals surface area (Å²) in [4.78, 5) is 35.7. The fourth-order valence-electron chi connectivity index (χ4n) is 4.53. The second-order valence-electron chi connectivity index (χ2n) is 9.09. The number of amides is 1. The molecule has 1 aliphatic rings. The van der Waals surface area contributed by atoms with E-state index in [1.807, 2.05) is 101 Å². The number of carbonyl (C=O) groups excluding carboxylic acids is 1. The number of rotatable bonds is 7. The summed E-state index contributed by atoms with van der Waals surface area (Å²) >= 11 is 0. The topological polar surface area (TPSA) is 105 Å². The minimum atomic E-state index is -0.907. The average Bonchev–Trinajstić information content (AvgIpc) is 3.01. The van der Waals surface area contributed by atoms with Crippen molar-refractivity contribution >= 4 is 34.2 Å². The van der Waals surface area contributed by atoms with Gasteiger partial charge in [0.25, 0.3) is 5.91 Å². The smallest absolute Gasteiger partial charge is 0.308 e. The number of nitrogens with one attached hydrogen (secondary N) is 1. The summed E-state index contributed by atoms with van der Waals surface area (Å²) in [6, 6.07) is 21.2. The second kappa shape index (κ2) is 15.5. The first-order chi connectivity index (χ1) is 20.0. The van der Waals surface area contributed by atoms with Crippen molar-refractivity contribution in [2.75, 3.05) is 36.5 Å². The van der Waals surface area contributed by atoms with Gasteiger partial charge in [0.05, 0.1) is 19.6 Å². The van der Waals surface area contributed by atoms with Gasteiger partial charge in [-0.3, -0.25) is 9.59 Å². The Kier molecular flexibility index (Phi) is 11.8. The fraction of sp³-hybridized carbons (Fsp3) is 0.333. The van der Waals surface area contributed by atoms with Gasteiger partial charge in [-0.15, -0.1) is 0 Å². The molecule has 0 aliphatic carbocycles. The van der Waals surface area contributed by atoms with Crippen LogP contribution in [0.1, 0.15) is 60.7 Å². The highest BCUT2D eigenvalue weighted by Gasteiger charge is 2.21. The summed E-state index contributed by atoms with van der Waals surface area (Å²) in [7, 11) is 0. The molecule has 2 N–H and O–H groups in total. The average molecular weight is 557 g/mol. The summed E-state index contributed by atoms with van der Waals surface area (Å²) in [5.74, 6) is 0.227. The van der Waals surface area contributed by atoms with Crippen molar-refractivity contribution in [3.8, 4) is 0 Å². The standard InChI is InChI=1S/C29H28N4O4.2C2H6/c1-19-25(18-27(34)35)28(33-12-14-37-15-13-33)32-26(30-19)16-20-6-10-24(11-7-20)31-29(36)23-9-8-21-4-2-3-5-22(21)17-23;2*1-2/h2-11,17H,12-16,18H2,1H3,(H,31,36)(H,34,35);2*1-2H3. The van der Waals surface area contributed by atoms with E-state index in [0.29, 0.717) is 66.9 Å². The molecule has 41 heavy (non-hydrogen) atoms. The molecule has 4 aromatic rings. The van der Waals surface area contributed by atoms with Gasteiger partial charge in [0.15, 0.2) is 0 Å². The van der Waals surface area contributed by atoms with Crippen LogP contribution in [0.2, 0.25) is 0 Å². The maximum absolute atomic E-state index is 12.8. The normalized spacial score (nSPS) is 12.5. The highest BCUT2D eigenvalue weighted by atomic mass is 16.5. The third-order valence-electron chi connectivity index (χ3n) is 6.46. The van der Waals surface area contributed by atoms with E-state index in [9.17, 15) is 14.7 Å². The van der Waals surface area contributed by atoms with Crippen molar-refractivity contribution in [2.45, 2.75) is 47.5 Å². The van der Waals surface area contributed by atoms with Gasteiger partial charge in [-0.2, -0.15) is 0 Å². The monoisotopic (exact) mass is 556 g/mol. The van der Waals surface area contributed by atoms with Crippen LogP contribution in [0.4, 0.5) is 11.5 Å². The molecule has 8 nitrogen and oxygen atoms in total. The molecule has 0 saturated carbocycles. The van der Waals surface area contributed by atoms with E-state index < -0.39 is 5.97 Å². The Hall–Kier alpha value is -4.30. The van der Waals surface area contributed by atoms with Gasteiger partial charge < -0.3 is 20.1 Å². The number of morpholine rings is 1. The summed E-state index contributed by atoms with van der Waals surface area (Å²) < 4.78 is 5.45. The van der Waals surface area contributed by atoms with Crippen molar-refractivity contribution in [2.24, 2.45) is 0 Å². The number of anilines is 2. The number of fused-ring (bicyclic) bond motifs is 1. The van der Waals surface area contributed by atoms with E-state index in [0.717, 1.165) is 16.3 Å². The van der Waals surface area contributed by atoms with Gasteiger partial charge in [-0.1, -0.05) is 70.2 Å². The molecule has 1 saturated heterocycles. The maximum atomic E-state index is 12.8. The van der Waals surface area contributed by atoms with Crippen molar-refractivity contribution in [3.63, 3.8) is 0 Å². The molecule has 216 valence electrons. The Morgan fingerprint density at radius 1 is 0.902 bits per heavy atom. The molecule has 0 unspecified atom stereocenters. The maximum Gasteiger partial charge on any atom is 0.308 e. The number of aryl methyl sites for hydroxylation is 1. The molecular formula is C33H40N4O4. The van der Waals surface area contributed by atoms with E-state index >= 15 is 0 Å². The van der Waals surface area contributed by atoms with Crippen LogP contribution in [-0.2, 0) is 22.4 Å². The van der Waals surface area contributed by atoms with Crippen molar-refractivity contribution in [3.05, 3.63) is 94.9 Å². The number of benzene rings is 3. The molecule has 1 fully saturated rings. The lowest BCUT2D eigenvalue weighted by Crippen LogP contribution is -2.38. The predicted octanol–water partition coefficient (Wildman–Crippen LogP) is 6.30. The van der Waals surface area contributed by atoms with Crippen LogP contribution in [0.15, 0.2) is 66.7 Å². The van der Waals surface area contributed by atoms with Crippen LogP contribution < -0.4 is 10.2 Å². The number of aromatic nitrogens is 2. The zero-order chi connectivity index (χ0) is 29.8. The molecule has 0 spiro atoms. The zero-order valence-corrected chi connectivity index (χ0v) is 24.6. The SMILES string of the molecule is CC.CC.Cc1nc(Cc2ccc(NC(=O)c3ccc4ccccc4c3)cc2)nc(N2CCOCC2)c1CC(=O)O. The predicted molar refractivity (Wildman–Crippen MR) is 165 cm³/mol. The molecule has 3 aromatic carbocycles. The van der Waals surface area contributed by atoms with E-state index in [-0.39, 0.29) is 12.3 Å². The molecule has 8 heteroatoms. The quantitative estimate of drug-likeness (QED) is 0.275. The Bertz CT molecular complexity index is 1450. The van der Waals surface area contributed by atoms with Crippen LogP contribution >= 0.6 is 0 Å². The molecule has 2 heterocycles. The molecule has 1 amide bonds. The third kappa shape index (κ3) is 8.35. The van der Waals surface area contributed by atoms with Gasteiger partial charge in [-0.05, 0) is 47.5 Å². The minimum Gasteiger partial charge on any atom is -0.481 e. The van der Waals surface area contributed by atoms with E-state index in [1.165, 1.54) is 0 Å². The zero-order valence-electron chi connectivity index (χ0n) is 24.6. The van der Waals surface area contributed by atoms with Crippen molar-refractivity contribution < 1.29 is 19.4 Å². The first-order valence-electron chi connectivity index (χ1n) is 14.3. The van der Waals surface area contributed by atoms with Gasteiger partial charge in [0, 0.05) is 42.0 Å². The van der Waals surface area contributed by atoms with E-state index in [1.54, 1.807) is 0 Å². The minimum absolute atomic E-state index is 0.121. The molecule has 0 bridgehead atoms. The molecular weight excluding hydrogens is 516 g/mol. The largest absolute Gasteiger partial charge is 0.481 e. The number of nitrogens with zero attached hydrogens (tertiary/aromatic N) is 3. The number of aliphatic carboxylic acids is 1. The number of carbonyl (C=O) groups is 2. The van der Waals surface area contributed by atoms with Crippen LogP contribution in [-0.4, -0.2) is 53.3 Å². The van der Waals surface area contributed by atoms with Crippen LogP contribution in [0.3, 0.4) is 0 Å². The summed E-state index contributed by atoms with van der Waals surface area (Å²) in [6.07, 6.45) is 0.370. The van der Waals surface area contributed by atoms with Crippen LogP contribution in [0, 0.1) is 6.92 Å². The molecule has 0 atom stereocenters. The first kappa shape index (κ1) is 31.2. The highest BCUT2D eigenvalue weighted by molar-refractivity contribution is 6.06. The van der Waals surface area contributed by atoms with Crippen molar-refractivity contribution in [1.29, 1.82) is 0 Å². The number of carboxylic acids is 1. The first-order valence-corrected chi connectivity index (χ1v) is 14.3. The van der Waals surface area contributed by atoms with Gasteiger partial charge >= 0.3 is 5.97 Å². The second-order valence-corrected chi connectivity index (χ2v) is 9.09. The highest BCUT2D eigenvalue weighted by Crippen LogP contribution is 2.24. The molecule has 1 aromatic heterocycles. The number of ether oxygens (including phenoxy) is 1. The summed E-state index contributed by atoms with van der Waals surface area (Å²) in [5, 5.41) is 14.5. The molecule has 1 aliphatic heterocycles. The Morgan fingerprint density at radius 2 is 1.56 bits per heavy atom. The van der Waals surface area contributed by atoms with Gasteiger partial charge in [-0.25, -0.2) is 9.97 Å². The molecule has 0 radical (unpaired) electrons. The van der Waals surface area contributed by atoms with Gasteiger partial charge in [0.1, 0.15) is 11.6 Å². The summed E-state index contributed by atoms with van der Waals surface area (Å²) in [6.45, 7) is 12.3. The van der Waals surface area contributed by atoms with Crippen molar-refractivity contribution in [1.82, 2.24) is 9.97 Å².